The molecule has 0 saturated carbocycles. The van der Waals surface area contributed by atoms with E-state index in [1.165, 1.54) is 0 Å². The fourth-order valence-electron chi connectivity index (χ4n) is 3.59. The second kappa shape index (κ2) is 7.60. The topological polar surface area (TPSA) is 63.6 Å². The molecule has 1 heterocycles. The Labute approximate surface area is 170 Å². The molecule has 0 radical (unpaired) electrons. The number of rotatable bonds is 4. The van der Waals surface area contributed by atoms with E-state index < -0.39 is 5.97 Å². The zero-order valence-electron chi connectivity index (χ0n) is 14.9. The van der Waals surface area contributed by atoms with Crippen molar-refractivity contribution in [2.24, 2.45) is 0 Å². The van der Waals surface area contributed by atoms with Crippen molar-refractivity contribution in [3.63, 3.8) is 0 Å². The van der Waals surface area contributed by atoms with Crippen LogP contribution in [-0.2, 0) is 11.2 Å². The number of carbonyl (C=O) groups is 2. The molecule has 3 aromatic carbocycles. The van der Waals surface area contributed by atoms with E-state index >= 15 is 0 Å². The number of fused-ring (bicyclic) bond motifs is 2. The van der Waals surface area contributed by atoms with E-state index in [9.17, 15) is 9.59 Å². The highest BCUT2D eigenvalue weighted by atomic mass is 79.9. The third-order valence-electron chi connectivity index (χ3n) is 4.88. The van der Waals surface area contributed by atoms with Crippen LogP contribution in [0, 0.1) is 0 Å². The van der Waals surface area contributed by atoms with Gasteiger partial charge in [-0.15, -0.1) is 0 Å². The number of carbonyl (C=O) groups excluding carboxylic acids is 1. The van der Waals surface area contributed by atoms with Crippen molar-refractivity contribution in [3.8, 4) is 5.75 Å². The van der Waals surface area contributed by atoms with Crippen LogP contribution in [0.4, 0.5) is 0 Å². The quantitative estimate of drug-likeness (QED) is 0.548. The van der Waals surface area contributed by atoms with Gasteiger partial charge in [0.2, 0.25) is 0 Å². The van der Waals surface area contributed by atoms with Crippen molar-refractivity contribution in [1.82, 2.24) is 0 Å². The lowest BCUT2D eigenvalue weighted by Crippen LogP contribution is -2.21. The van der Waals surface area contributed by atoms with Crippen LogP contribution in [-0.4, -0.2) is 16.9 Å². The molecule has 1 unspecified atom stereocenters. The lowest BCUT2D eigenvalue weighted by atomic mass is 9.91. The molecule has 1 aliphatic heterocycles. The predicted molar refractivity (Wildman–Crippen MR) is 111 cm³/mol. The van der Waals surface area contributed by atoms with Crippen LogP contribution in [0.3, 0.4) is 0 Å². The molecule has 1 aliphatic rings. The maximum Gasteiger partial charge on any atom is 0.327 e. The molecular formula is C23H17BrO4. The number of para-hydroxylation sites is 1. The summed E-state index contributed by atoms with van der Waals surface area (Å²) in [6.45, 7) is 0. The number of halogens is 1. The van der Waals surface area contributed by atoms with Gasteiger partial charge in [0.1, 0.15) is 11.9 Å². The van der Waals surface area contributed by atoms with Gasteiger partial charge < -0.3 is 9.84 Å². The van der Waals surface area contributed by atoms with Crippen molar-refractivity contribution in [2.45, 2.75) is 18.9 Å². The Morgan fingerprint density at radius 3 is 2.68 bits per heavy atom. The van der Waals surface area contributed by atoms with Gasteiger partial charge >= 0.3 is 5.97 Å². The Bertz CT molecular complexity index is 1120. The Morgan fingerprint density at radius 2 is 1.89 bits per heavy atom. The average molecular weight is 437 g/mol. The second-order valence-electron chi connectivity index (χ2n) is 6.65. The predicted octanol–water partition coefficient (Wildman–Crippen LogP) is 5.49. The van der Waals surface area contributed by atoms with Crippen LogP contribution < -0.4 is 4.74 Å². The standard InChI is InChI=1S/C23H17BrO4/c24-19-12-11-17(15-7-1-2-8-16(15)19)21-13-20(25)18-9-3-5-14(23(18)28-21)6-4-10-22(26)27/h1-5,7-12,21H,6,13H2,(H,26,27)/b10-4+. The number of ketones is 1. The monoisotopic (exact) mass is 436 g/mol. The number of benzene rings is 3. The minimum absolute atomic E-state index is 0.0299. The normalized spacial score (nSPS) is 16.2. The molecule has 0 spiro atoms. The molecule has 140 valence electrons. The summed E-state index contributed by atoms with van der Waals surface area (Å²) in [6.07, 6.45) is 2.93. The number of hydrogen-bond donors (Lipinski definition) is 1. The molecule has 0 fully saturated rings. The maximum atomic E-state index is 12.8. The number of carboxylic acids is 1. The first-order valence-electron chi connectivity index (χ1n) is 8.93. The van der Waals surface area contributed by atoms with Crippen LogP contribution in [0.25, 0.3) is 10.8 Å². The Balaban J connectivity index is 1.75. The summed E-state index contributed by atoms with van der Waals surface area (Å²) in [4.78, 5) is 23.5. The molecule has 0 saturated heterocycles. The van der Waals surface area contributed by atoms with Gasteiger partial charge in [-0.1, -0.05) is 64.5 Å². The number of carboxylic acid groups (broad SMARTS) is 1. The highest BCUT2D eigenvalue weighted by Crippen LogP contribution is 2.40. The molecule has 4 nitrogen and oxygen atoms in total. The van der Waals surface area contributed by atoms with E-state index in [0.717, 1.165) is 32.4 Å². The molecule has 4 rings (SSSR count). The zero-order valence-corrected chi connectivity index (χ0v) is 16.5. The van der Waals surface area contributed by atoms with E-state index in [-0.39, 0.29) is 18.3 Å². The Morgan fingerprint density at radius 1 is 1.11 bits per heavy atom. The van der Waals surface area contributed by atoms with E-state index in [1.807, 2.05) is 42.5 Å². The Kier molecular flexibility index (Phi) is 5.01. The van der Waals surface area contributed by atoms with Gasteiger partial charge in [-0.05, 0) is 34.9 Å². The van der Waals surface area contributed by atoms with E-state index in [0.29, 0.717) is 17.7 Å². The van der Waals surface area contributed by atoms with Crippen LogP contribution in [0.15, 0.2) is 71.2 Å². The summed E-state index contributed by atoms with van der Waals surface area (Å²) in [5.41, 5.74) is 2.32. The summed E-state index contributed by atoms with van der Waals surface area (Å²) in [5.74, 6) is -0.422. The SMILES string of the molecule is O=C(O)/C=C/Cc1cccc2c1OC(c1ccc(Br)c3ccccc13)CC2=O. The summed E-state index contributed by atoms with van der Waals surface area (Å²) in [6, 6.07) is 17.4. The lowest BCUT2D eigenvalue weighted by molar-refractivity contribution is -0.131. The number of ether oxygens (including phenoxy) is 1. The van der Waals surface area contributed by atoms with E-state index in [1.54, 1.807) is 18.2 Å². The summed E-state index contributed by atoms with van der Waals surface area (Å²) >= 11 is 3.58. The fourth-order valence-corrected chi connectivity index (χ4v) is 4.07. The zero-order chi connectivity index (χ0) is 19.7. The molecular weight excluding hydrogens is 420 g/mol. The minimum atomic E-state index is -0.999. The average Bonchev–Trinajstić information content (AvgIpc) is 2.68. The molecule has 0 amide bonds. The minimum Gasteiger partial charge on any atom is -0.484 e. The van der Waals surface area contributed by atoms with Crippen molar-refractivity contribution < 1.29 is 19.4 Å². The van der Waals surface area contributed by atoms with Gasteiger partial charge in [-0.25, -0.2) is 4.79 Å². The number of hydrogen-bond acceptors (Lipinski definition) is 3. The van der Waals surface area contributed by atoms with Crippen LogP contribution in [0.1, 0.15) is 34.0 Å². The maximum absolute atomic E-state index is 12.8. The molecule has 1 atom stereocenters. The highest BCUT2D eigenvalue weighted by Gasteiger charge is 2.30. The molecule has 5 heteroatoms. The van der Waals surface area contributed by atoms with Crippen molar-refractivity contribution in [1.29, 1.82) is 0 Å². The fraction of sp³-hybridized carbons (Fsp3) is 0.130. The summed E-state index contributed by atoms with van der Waals surface area (Å²) < 4.78 is 7.30. The first-order valence-corrected chi connectivity index (χ1v) is 9.72. The van der Waals surface area contributed by atoms with Gasteiger partial charge in [0.15, 0.2) is 5.78 Å². The van der Waals surface area contributed by atoms with Gasteiger partial charge in [0.05, 0.1) is 12.0 Å². The third kappa shape index (κ3) is 3.45. The molecule has 3 aromatic rings. The largest absolute Gasteiger partial charge is 0.484 e. The molecule has 1 N–H and O–H groups in total. The van der Waals surface area contributed by atoms with Crippen molar-refractivity contribution >= 4 is 38.5 Å². The first-order chi connectivity index (χ1) is 13.5. The molecule has 28 heavy (non-hydrogen) atoms. The lowest BCUT2D eigenvalue weighted by Gasteiger charge is -2.28. The van der Waals surface area contributed by atoms with Gasteiger partial charge in [-0.3, -0.25) is 4.79 Å². The Hall–Kier alpha value is -2.92. The molecule has 0 aromatic heterocycles. The molecule has 0 aliphatic carbocycles. The number of Topliss-reactive ketones (excluding diaryl/α,β-unsaturated/α-hetero) is 1. The smallest absolute Gasteiger partial charge is 0.327 e. The third-order valence-corrected chi connectivity index (χ3v) is 5.57. The van der Waals surface area contributed by atoms with Crippen molar-refractivity contribution in [2.75, 3.05) is 0 Å². The summed E-state index contributed by atoms with van der Waals surface area (Å²) in [5, 5.41) is 10.9. The summed E-state index contributed by atoms with van der Waals surface area (Å²) in [7, 11) is 0. The number of allylic oxidation sites excluding steroid dienone is 1. The van der Waals surface area contributed by atoms with E-state index in [2.05, 4.69) is 15.9 Å². The first kappa shape index (κ1) is 18.4. The van der Waals surface area contributed by atoms with Gasteiger partial charge in [0.25, 0.3) is 0 Å². The van der Waals surface area contributed by atoms with Crippen LogP contribution in [0.5, 0.6) is 5.75 Å². The van der Waals surface area contributed by atoms with Gasteiger partial charge in [-0.2, -0.15) is 0 Å². The van der Waals surface area contributed by atoms with Crippen molar-refractivity contribution in [3.05, 3.63) is 87.9 Å². The second-order valence-corrected chi connectivity index (χ2v) is 7.51. The van der Waals surface area contributed by atoms with Gasteiger partial charge in [0, 0.05) is 16.1 Å². The molecule has 0 bridgehead atoms. The van der Waals surface area contributed by atoms with Crippen LogP contribution in [0.2, 0.25) is 0 Å². The number of aliphatic carboxylic acids is 1. The highest BCUT2D eigenvalue weighted by molar-refractivity contribution is 9.10. The van der Waals surface area contributed by atoms with E-state index in [4.69, 9.17) is 9.84 Å². The van der Waals surface area contributed by atoms with Crippen LogP contribution >= 0.6 is 15.9 Å².